The summed E-state index contributed by atoms with van der Waals surface area (Å²) >= 11 is 1.79. The van der Waals surface area contributed by atoms with Crippen LogP contribution in [-0.2, 0) is 6.54 Å². The number of aromatic amines is 1. The largest absolute Gasteiger partial charge is 0.494 e. The van der Waals surface area contributed by atoms with Crippen molar-refractivity contribution >= 4 is 17.6 Å². The van der Waals surface area contributed by atoms with Crippen molar-refractivity contribution < 1.29 is 4.74 Å². The molecule has 0 spiro atoms. The van der Waals surface area contributed by atoms with Crippen molar-refractivity contribution in [1.82, 2.24) is 15.1 Å². The van der Waals surface area contributed by atoms with Gasteiger partial charge in [-0.25, -0.2) is 0 Å². The van der Waals surface area contributed by atoms with Crippen LogP contribution in [0.25, 0.3) is 0 Å². The number of benzene rings is 2. The molecule has 5 nitrogen and oxygen atoms in total. The number of hydrogen-bond acceptors (Lipinski definition) is 5. The molecule has 2 heterocycles. The van der Waals surface area contributed by atoms with Crippen LogP contribution in [0.2, 0.25) is 0 Å². The summed E-state index contributed by atoms with van der Waals surface area (Å²) in [5, 5.41) is 10.1. The van der Waals surface area contributed by atoms with Crippen molar-refractivity contribution in [3.05, 3.63) is 71.4 Å². The van der Waals surface area contributed by atoms with Gasteiger partial charge in [-0.2, -0.15) is 5.10 Å². The first-order chi connectivity index (χ1) is 14.2. The Morgan fingerprint density at radius 3 is 2.83 bits per heavy atom. The van der Waals surface area contributed by atoms with E-state index in [1.54, 1.807) is 18.0 Å². The lowest BCUT2D eigenvalue weighted by atomic mass is 9.85. The number of nitrogens with one attached hydrogen (secondary N) is 2. The number of aromatic nitrogens is 2. The molecular weight excluding hydrogens is 380 g/mol. The number of nitrogens with zero attached hydrogens (tertiary/aromatic N) is 2. The highest BCUT2D eigenvalue weighted by Crippen LogP contribution is 2.35. The van der Waals surface area contributed by atoms with Gasteiger partial charge in [0.25, 0.3) is 0 Å². The summed E-state index contributed by atoms with van der Waals surface area (Å²) in [7, 11) is 2.20. The number of likely N-dealkylation sites (N-methyl/N-ethyl adjacent to an activating group) is 1. The molecule has 3 aromatic rings. The Morgan fingerprint density at radius 2 is 2.07 bits per heavy atom. The van der Waals surface area contributed by atoms with Crippen LogP contribution in [-0.4, -0.2) is 48.1 Å². The fourth-order valence-corrected chi connectivity index (χ4v) is 4.28. The first-order valence-corrected chi connectivity index (χ1v) is 11.3. The lowest BCUT2D eigenvalue weighted by molar-refractivity contribution is 0.290. The van der Waals surface area contributed by atoms with Crippen LogP contribution in [0.3, 0.4) is 0 Å². The van der Waals surface area contributed by atoms with E-state index in [0.717, 1.165) is 37.6 Å². The van der Waals surface area contributed by atoms with E-state index < -0.39 is 0 Å². The average Bonchev–Trinajstić information content (AvgIpc) is 3.26. The number of rotatable bonds is 8. The first kappa shape index (κ1) is 19.9. The minimum absolute atomic E-state index is 0.410. The second kappa shape index (κ2) is 9.37. The van der Waals surface area contributed by atoms with E-state index in [1.807, 2.05) is 6.07 Å². The van der Waals surface area contributed by atoms with Crippen LogP contribution < -0.4 is 10.1 Å². The summed E-state index contributed by atoms with van der Waals surface area (Å²) in [6.45, 7) is 3.55. The van der Waals surface area contributed by atoms with Crippen molar-refractivity contribution in [2.24, 2.45) is 0 Å². The molecule has 2 aromatic carbocycles. The van der Waals surface area contributed by atoms with Gasteiger partial charge in [0, 0.05) is 30.4 Å². The number of fused-ring (bicyclic) bond motifs is 1. The molecule has 0 aliphatic carbocycles. The fraction of sp³-hybridized carbons (Fsp3) is 0.348. The van der Waals surface area contributed by atoms with E-state index in [1.165, 1.54) is 21.6 Å². The van der Waals surface area contributed by atoms with E-state index in [0.29, 0.717) is 12.5 Å². The molecule has 1 atom stereocenters. The van der Waals surface area contributed by atoms with Crippen LogP contribution in [0.15, 0.2) is 59.6 Å². The zero-order valence-corrected chi connectivity index (χ0v) is 17.8. The van der Waals surface area contributed by atoms with E-state index in [9.17, 15) is 0 Å². The van der Waals surface area contributed by atoms with Crippen LogP contribution in [0, 0.1) is 0 Å². The minimum atomic E-state index is 0.410. The maximum atomic E-state index is 6.01. The quantitative estimate of drug-likeness (QED) is 0.422. The summed E-state index contributed by atoms with van der Waals surface area (Å²) in [6.07, 6.45) is 4.79. The van der Waals surface area contributed by atoms with Crippen LogP contribution in [0.4, 0.5) is 5.82 Å². The number of hydrogen-bond donors (Lipinski definition) is 2. The summed E-state index contributed by atoms with van der Waals surface area (Å²) < 4.78 is 6.01. The smallest absolute Gasteiger partial charge is 0.121 e. The lowest BCUT2D eigenvalue weighted by Gasteiger charge is -2.33. The second-order valence-electron chi connectivity index (χ2n) is 7.48. The molecule has 29 heavy (non-hydrogen) atoms. The molecule has 4 rings (SSSR count). The summed E-state index contributed by atoms with van der Waals surface area (Å²) in [5.74, 6) is 2.31. The molecule has 1 aromatic heterocycles. The predicted octanol–water partition coefficient (Wildman–Crippen LogP) is 4.59. The first-order valence-electron chi connectivity index (χ1n) is 10.0. The third-order valence-corrected chi connectivity index (χ3v) is 6.09. The van der Waals surface area contributed by atoms with Gasteiger partial charge in [0.2, 0.25) is 0 Å². The number of anilines is 1. The van der Waals surface area contributed by atoms with Gasteiger partial charge in [0.1, 0.15) is 11.6 Å². The Bertz CT molecular complexity index is 911. The zero-order valence-electron chi connectivity index (χ0n) is 17.0. The van der Waals surface area contributed by atoms with Gasteiger partial charge in [0.15, 0.2) is 0 Å². The highest BCUT2D eigenvalue weighted by atomic mass is 32.2. The van der Waals surface area contributed by atoms with Crippen molar-refractivity contribution in [3.8, 4) is 5.75 Å². The van der Waals surface area contributed by atoms with Crippen molar-refractivity contribution in [2.45, 2.75) is 23.8 Å². The third kappa shape index (κ3) is 4.95. The number of H-pyrrole nitrogens is 1. The van der Waals surface area contributed by atoms with Gasteiger partial charge < -0.3 is 15.0 Å². The molecule has 2 N–H and O–H groups in total. The Kier molecular flexibility index (Phi) is 6.42. The Labute approximate surface area is 176 Å². The van der Waals surface area contributed by atoms with Crippen molar-refractivity contribution in [1.29, 1.82) is 0 Å². The normalized spacial score (nSPS) is 16.4. The van der Waals surface area contributed by atoms with E-state index in [-0.39, 0.29) is 0 Å². The van der Waals surface area contributed by atoms with Gasteiger partial charge in [0.05, 0.1) is 12.8 Å². The average molecular weight is 409 g/mol. The topological polar surface area (TPSA) is 53.2 Å². The fourth-order valence-electron chi connectivity index (χ4n) is 3.87. The van der Waals surface area contributed by atoms with Gasteiger partial charge >= 0.3 is 0 Å². The molecule has 1 aliphatic heterocycles. The van der Waals surface area contributed by atoms with E-state index >= 15 is 0 Å². The van der Waals surface area contributed by atoms with Crippen LogP contribution in [0.5, 0.6) is 5.75 Å². The highest BCUT2D eigenvalue weighted by molar-refractivity contribution is 7.98. The monoisotopic (exact) mass is 408 g/mol. The molecule has 0 amide bonds. The van der Waals surface area contributed by atoms with Gasteiger partial charge in [-0.1, -0.05) is 18.2 Å². The second-order valence-corrected chi connectivity index (χ2v) is 8.36. The molecule has 0 saturated carbocycles. The SMILES string of the molecule is CSc1ccc([C@H]2CN(C)Cc3cc(OCCCNc4ccn[nH]4)ccc32)cc1. The van der Waals surface area contributed by atoms with Crippen molar-refractivity contribution in [2.75, 3.05) is 38.3 Å². The molecule has 0 saturated heterocycles. The van der Waals surface area contributed by atoms with E-state index in [2.05, 4.69) is 76.2 Å². The molecular formula is C23H28N4OS. The van der Waals surface area contributed by atoms with E-state index in [4.69, 9.17) is 4.74 Å². The van der Waals surface area contributed by atoms with Crippen molar-refractivity contribution in [3.63, 3.8) is 0 Å². The molecule has 0 bridgehead atoms. The van der Waals surface area contributed by atoms with Gasteiger partial charge in [-0.05, 0) is 66.7 Å². The lowest BCUT2D eigenvalue weighted by Crippen LogP contribution is -2.31. The predicted molar refractivity (Wildman–Crippen MR) is 120 cm³/mol. The maximum absolute atomic E-state index is 6.01. The standard InChI is InChI=1S/C23H28N4OS/c1-27-15-18-14-19(28-13-3-11-24-23-10-12-25-26-23)6-9-21(18)22(16-27)17-4-7-20(29-2)8-5-17/h4-10,12,14,22H,3,11,13,15-16H2,1-2H3,(H2,24,25,26)/t22-/m1/s1. The van der Waals surface area contributed by atoms with Crippen LogP contribution >= 0.6 is 11.8 Å². The molecule has 0 fully saturated rings. The molecule has 6 heteroatoms. The summed E-state index contributed by atoms with van der Waals surface area (Å²) in [6, 6.07) is 17.5. The third-order valence-electron chi connectivity index (χ3n) is 5.35. The molecule has 0 unspecified atom stereocenters. The number of thioether (sulfide) groups is 1. The highest BCUT2D eigenvalue weighted by Gasteiger charge is 2.25. The van der Waals surface area contributed by atoms with Gasteiger partial charge in [-0.15, -0.1) is 11.8 Å². The maximum Gasteiger partial charge on any atom is 0.121 e. The number of ether oxygens (including phenoxy) is 1. The van der Waals surface area contributed by atoms with Crippen LogP contribution in [0.1, 0.15) is 29.0 Å². The molecule has 1 aliphatic rings. The van der Waals surface area contributed by atoms with Gasteiger partial charge in [-0.3, -0.25) is 5.10 Å². The Balaban J connectivity index is 1.39. The Hall–Kier alpha value is -2.44. The summed E-state index contributed by atoms with van der Waals surface area (Å²) in [4.78, 5) is 3.71. The minimum Gasteiger partial charge on any atom is -0.494 e. The zero-order chi connectivity index (χ0) is 20.1. The summed E-state index contributed by atoms with van der Waals surface area (Å²) in [5.41, 5.74) is 4.17. The molecule has 0 radical (unpaired) electrons. The Morgan fingerprint density at radius 1 is 1.21 bits per heavy atom. The molecule has 152 valence electrons.